The minimum atomic E-state index is -0.0178. The maximum Gasteiger partial charge on any atom is 0.154 e. The van der Waals surface area contributed by atoms with Crippen LogP contribution < -0.4 is 5.73 Å². The van der Waals surface area contributed by atoms with E-state index in [2.05, 4.69) is 4.98 Å². The number of aromatic nitrogens is 1. The van der Waals surface area contributed by atoms with Crippen molar-refractivity contribution in [3.05, 3.63) is 40.4 Å². The van der Waals surface area contributed by atoms with E-state index in [1.165, 1.54) is 0 Å². The zero-order valence-corrected chi connectivity index (χ0v) is 10.5. The predicted octanol–water partition coefficient (Wildman–Crippen LogP) is 3.23. The summed E-state index contributed by atoms with van der Waals surface area (Å²) in [6.45, 7) is 0. The van der Waals surface area contributed by atoms with Crippen molar-refractivity contribution in [1.29, 1.82) is 5.41 Å². The Hall–Kier alpha value is -1.04. The molecule has 2 aromatic rings. The number of halogens is 1. The van der Waals surface area contributed by atoms with Gasteiger partial charge in [-0.1, -0.05) is 23.4 Å². The third-order valence-corrected chi connectivity index (χ3v) is 4.03. The molecule has 6 heteroatoms. The van der Waals surface area contributed by atoms with Gasteiger partial charge in [0.1, 0.15) is 5.84 Å². The third-order valence-electron chi connectivity index (χ3n) is 1.85. The van der Waals surface area contributed by atoms with Gasteiger partial charge in [-0.15, -0.1) is 11.3 Å². The Bertz CT molecular complexity index is 511. The second kappa shape index (κ2) is 4.86. The van der Waals surface area contributed by atoms with Crippen LogP contribution in [0.4, 0.5) is 0 Å². The molecule has 2 rings (SSSR count). The number of nitrogens with two attached hydrogens (primary N) is 1. The van der Waals surface area contributed by atoms with Gasteiger partial charge in [0.25, 0.3) is 0 Å². The highest BCUT2D eigenvalue weighted by Gasteiger charge is 2.06. The lowest BCUT2D eigenvalue weighted by atomic mass is 10.2. The topological polar surface area (TPSA) is 62.8 Å². The van der Waals surface area contributed by atoms with Gasteiger partial charge in [-0.2, -0.15) is 0 Å². The molecule has 0 atom stereocenters. The monoisotopic (exact) mass is 269 g/mol. The minimum Gasteiger partial charge on any atom is -0.384 e. The first-order valence-corrected chi connectivity index (χ1v) is 6.45. The smallest absolute Gasteiger partial charge is 0.154 e. The molecule has 0 aliphatic heterocycles. The molecule has 16 heavy (non-hydrogen) atoms. The Morgan fingerprint density at radius 3 is 2.88 bits per heavy atom. The molecule has 1 heterocycles. The van der Waals surface area contributed by atoms with Crippen molar-refractivity contribution in [3.63, 3.8) is 0 Å². The minimum absolute atomic E-state index is 0.0178. The fourth-order valence-electron chi connectivity index (χ4n) is 1.14. The molecule has 3 nitrogen and oxygen atoms in total. The third kappa shape index (κ3) is 2.55. The van der Waals surface area contributed by atoms with E-state index in [0.717, 1.165) is 9.24 Å². The van der Waals surface area contributed by atoms with Gasteiger partial charge < -0.3 is 5.73 Å². The Morgan fingerprint density at radius 2 is 2.31 bits per heavy atom. The number of nitrogen functional groups attached to an aromatic ring is 1. The molecule has 0 spiro atoms. The summed E-state index contributed by atoms with van der Waals surface area (Å²) in [5, 5.41) is 9.74. The van der Waals surface area contributed by atoms with Crippen LogP contribution >= 0.6 is 34.7 Å². The molecule has 1 aromatic carbocycles. The molecule has 0 bridgehead atoms. The molecule has 1 aromatic heterocycles. The van der Waals surface area contributed by atoms with Crippen molar-refractivity contribution >= 4 is 40.5 Å². The number of hydrogen-bond acceptors (Lipinski definition) is 4. The lowest BCUT2D eigenvalue weighted by Crippen LogP contribution is -2.11. The second-order valence-corrected chi connectivity index (χ2v) is 5.58. The molecule has 0 fully saturated rings. The number of rotatable bonds is 3. The summed E-state index contributed by atoms with van der Waals surface area (Å²) in [6.07, 6.45) is 1.76. The Balaban J connectivity index is 2.24. The van der Waals surface area contributed by atoms with E-state index in [0.29, 0.717) is 10.6 Å². The molecule has 3 N–H and O–H groups in total. The van der Waals surface area contributed by atoms with Gasteiger partial charge in [0, 0.05) is 22.0 Å². The van der Waals surface area contributed by atoms with Crippen LogP contribution in [-0.2, 0) is 0 Å². The molecule has 0 saturated heterocycles. The zero-order chi connectivity index (χ0) is 11.5. The number of benzene rings is 1. The zero-order valence-electron chi connectivity index (χ0n) is 8.11. The van der Waals surface area contributed by atoms with Gasteiger partial charge in [0.2, 0.25) is 0 Å². The SMILES string of the molecule is N=C(N)c1ccc(Sc2nccs2)cc1Cl. The van der Waals surface area contributed by atoms with E-state index in [1.807, 2.05) is 11.4 Å². The van der Waals surface area contributed by atoms with Crippen LogP contribution in [0.25, 0.3) is 0 Å². The van der Waals surface area contributed by atoms with E-state index < -0.39 is 0 Å². The average Bonchev–Trinajstić information content (AvgIpc) is 2.70. The summed E-state index contributed by atoms with van der Waals surface area (Å²) in [5.41, 5.74) is 5.94. The average molecular weight is 270 g/mol. The van der Waals surface area contributed by atoms with E-state index in [-0.39, 0.29) is 5.84 Å². The van der Waals surface area contributed by atoms with Crippen LogP contribution in [0.2, 0.25) is 5.02 Å². The number of nitrogens with one attached hydrogen (secondary N) is 1. The van der Waals surface area contributed by atoms with Gasteiger partial charge >= 0.3 is 0 Å². The molecular formula is C10H8ClN3S2. The maximum absolute atomic E-state index is 7.32. The van der Waals surface area contributed by atoms with Gasteiger partial charge in [-0.25, -0.2) is 4.98 Å². The predicted molar refractivity (Wildman–Crippen MR) is 68.7 cm³/mol. The molecule has 0 amide bonds. The Morgan fingerprint density at radius 1 is 1.50 bits per heavy atom. The molecule has 0 unspecified atom stereocenters. The van der Waals surface area contributed by atoms with Gasteiger partial charge in [0.15, 0.2) is 4.34 Å². The lowest BCUT2D eigenvalue weighted by Gasteiger charge is -2.03. The van der Waals surface area contributed by atoms with Crippen molar-refractivity contribution in [2.24, 2.45) is 5.73 Å². The normalized spacial score (nSPS) is 10.3. The summed E-state index contributed by atoms with van der Waals surface area (Å²) in [5.74, 6) is -0.0178. The van der Waals surface area contributed by atoms with E-state index in [4.69, 9.17) is 22.7 Å². The van der Waals surface area contributed by atoms with Crippen LogP contribution in [0.1, 0.15) is 5.56 Å². The summed E-state index contributed by atoms with van der Waals surface area (Å²) >= 11 is 9.13. The highest BCUT2D eigenvalue weighted by Crippen LogP contribution is 2.31. The van der Waals surface area contributed by atoms with Crippen LogP contribution in [0.15, 0.2) is 39.0 Å². The fourth-order valence-corrected chi connectivity index (χ4v) is 3.12. The molecule has 0 radical (unpaired) electrons. The van der Waals surface area contributed by atoms with Crippen molar-refractivity contribution in [2.75, 3.05) is 0 Å². The number of hydrogen-bond donors (Lipinski definition) is 2. The second-order valence-electron chi connectivity index (χ2n) is 2.96. The number of nitrogens with zero attached hydrogens (tertiary/aromatic N) is 1. The standard InChI is InChI=1S/C10H8ClN3S2/c11-8-5-6(1-2-7(8)9(12)13)16-10-14-3-4-15-10/h1-5H,(H3,12,13). The first-order chi connectivity index (χ1) is 7.66. The first kappa shape index (κ1) is 11.4. The summed E-state index contributed by atoms with van der Waals surface area (Å²) < 4.78 is 0.964. The van der Waals surface area contributed by atoms with Crippen molar-refractivity contribution in [1.82, 2.24) is 4.98 Å². The first-order valence-electron chi connectivity index (χ1n) is 4.38. The van der Waals surface area contributed by atoms with Crippen molar-refractivity contribution in [3.8, 4) is 0 Å². The van der Waals surface area contributed by atoms with E-state index >= 15 is 0 Å². The van der Waals surface area contributed by atoms with Crippen molar-refractivity contribution in [2.45, 2.75) is 9.24 Å². The molecule has 0 aliphatic carbocycles. The summed E-state index contributed by atoms with van der Waals surface area (Å²) in [7, 11) is 0. The maximum atomic E-state index is 7.32. The highest BCUT2D eigenvalue weighted by atomic mass is 35.5. The summed E-state index contributed by atoms with van der Waals surface area (Å²) in [4.78, 5) is 5.16. The number of thiazole rings is 1. The van der Waals surface area contributed by atoms with Crippen LogP contribution in [0, 0.1) is 5.41 Å². The molecule has 82 valence electrons. The van der Waals surface area contributed by atoms with Gasteiger partial charge in [-0.05, 0) is 18.2 Å². The number of amidine groups is 1. The van der Waals surface area contributed by atoms with Crippen LogP contribution in [0.5, 0.6) is 0 Å². The quantitative estimate of drug-likeness (QED) is 0.664. The lowest BCUT2D eigenvalue weighted by molar-refractivity contribution is 1.24. The summed E-state index contributed by atoms with van der Waals surface area (Å²) in [6, 6.07) is 5.43. The van der Waals surface area contributed by atoms with E-state index in [1.54, 1.807) is 41.4 Å². The van der Waals surface area contributed by atoms with Gasteiger partial charge in [-0.3, -0.25) is 5.41 Å². The van der Waals surface area contributed by atoms with E-state index in [9.17, 15) is 0 Å². The highest BCUT2D eigenvalue weighted by molar-refractivity contribution is 8.01. The van der Waals surface area contributed by atoms with Gasteiger partial charge in [0.05, 0.1) is 5.02 Å². The molecule has 0 saturated carbocycles. The molecular weight excluding hydrogens is 262 g/mol. The Kier molecular flexibility index (Phi) is 3.48. The molecule has 0 aliphatic rings. The van der Waals surface area contributed by atoms with Crippen LogP contribution in [0.3, 0.4) is 0 Å². The fraction of sp³-hybridized carbons (Fsp3) is 0. The Labute approximate surface area is 106 Å². The largest absolute Gasteiger partial charge is 0.384 e. The van der Waals surface area contributed by atoms with Crippen LogP contribution in [-0.4, -0.2) is 10.8 Å². The van der Waals surface area contributed by atoms with Crippen molar-refractivity contribution < 1.29 is 0 Å².